The molecule has 2 fully saturated rings. The highest BCUT2D eigenvalue weighted by Gasteiger charge is 2.60. The third kappa shape index (κ3) is 7.83. The van der Waals surface area contributed by atoms with Crippen LogP contribution in [-0.2, 0) is 34.1 Å². The van der Waals surface area contributed by atoms with Gasteiger partial charge in [0.05, 0.1) is 5.69 Å². The van der Waals surface area contributed by atoms with Crippen LogP contribution in [0.25, 0.3) is 5.52 Å². The van der Waals surface area contributed by atoms with Crippen LogP contribution in [0.3, 0.4) is 0 Å². The number of nitrogens with two attached hydrogens (primary N) is 1. The summed E-state index contributed by atoms with van der Waals surface area (Å²) < 4.78 is 24.2. The summed E-state index contributed by atoms with van der Waals surface area (Å²) in [5.41, 5.74) is 3.56. The molecular weight excluding hydrogens is 584 g/mol. The van der Waals surface area contributed by atoms with Gasteiger partial charge in [-0.15, -0.1) is 0 Å². The van der Waals surface area contributed by atoms with Crippen LogP contribution in [0.5, 0.6) is 0 Å². The van der Waals surface area contributed by atoms with Gasteiger partial charge in [-0.05, 0) is 57.6 Å². The summed E-state index contributed by atoms with van der Waals surface area (Å²) in [6.07, 6.45) is 2.46. The van der Waals surface area contributed by atoms with Gasteiger partial charge >= 0.3 is 18.0 Å². The number of hydrogen-bond acceptors (Lipinski definition) is 12. The zero-order valence-electron chi connectivity index (χ0n) is 26.5. The van der Waals surface area contributed by atoms with Gasteiger partial charge < -0.3 is 35.1 Å². The summed E-state index contributed by atoms with van der Waals surface area (Å²) in [5, 5.41) is 28.8. The number of nitrogens with zero attached hydrogens (tertiary/aromatic N) is 4. The molecule has 5 atom stereocenters. The van der Waals surface area contributed by atoms with Gasteiger partial charge in [0.1, 0.15) is 48.4 Å². The van der Waals surface area contributed by atoms with Crippen LogP contribution in [0, 0.1) is 23.2 Å². The smallest absolute Gasteiger partial charge is 0.408 e. The normalized spacial score (nSPS) is 24.9. The first kappa shape index (κ1) is 33.9. The molecule has 14 nitrogen and oxygen atoms in total. The summed E-state index contributed by atoms with van der Waals surface area (Å²) in [4.78, 5) is 42.9. The third-order valence-electron chi connectivity index (χ3n) is 8.14. The maximum absolute atomic E-state index is 13.5. The Kier molecular flexibility index (Phi) is 10.5. The number of aromatic nitrogens is 3. The van der Waals surface area contributed by atoms with Crippen molar-refractivity contribution in [1.29, 1.82) is 5.26 Å². The minimum Gasteiger partial charge on any atom is -0.463 e. The van der Waals surface area contributed by atoms with Gasteiger partial charge in [0.25, 0.3) is 0 Å². The summed E-state index contributed by atoms with van der Waals surface area (Å²) in [7, 11) is 0. The maximum Gasteiger partial charge on any atom is 0.408 e. The molecular formula is C31H44N6O8. The minimum atomic E-state index is -2.09. The van der Waals surface area contributed by atoms with Crippen LogP contribution >= 0.6 is 0 Å². The van der Waals surface area contributed by atoms with E-state index in [-0.39, 0.29) is 23.9 Å². The van der Waals surface area contributed by atoms with E-state index in [1.165, 1.54) is 16.9 Å². The molecule has 1 aliphatic carbocycles. The van der Waals surface area contributed by atoms with Crippen LogP contribution in [0.1, 0.15) is 85.3 Å². The second-order valence-corrected chi connectivity index (χ2v) is 13.1. The number of carbonyl (C=O) groups excluding carboxylic acids is 3. The molecule has 1 amide bonds. The molecule has 45 heavy (non-hydrogen) atoms. The fourth-order valence-electron chi connectivity index (χ4n) is 5.85. The predicted octanol–water partition coefficient (Wildman–Crippen LogP) is 3.15. The largest absolute Gasteiger partial charge is 0.463 e. The van der Waals surface area contributed by atoms with Crippen molar-refractivity contribution in [2.24, 2.45) is 11.8 Å². The lowest BCUT2D eigenvalue weighted by Gasteiger charge is -2.28. The Balaban J connectivity index is 1.60. The number of ether oxygens (including phenoxy) is 4. The van der Waals surface area contributed by atoms with Crippen molar-refractivity contribution in [3.05, 3.63) is 24.2 Å². The van der Waals surface area contributed by atoms with E-state index >= 15 is 0 Å². The number of nitrogens with one attached hydrogen (secondary N) is 1. The molecule has 1 saturated heterocycles. The van der Waals surface area contributed by atoms with E-state index < -0.39 is 66.1 Å². The summed E-state index contributed by atoms with van der Waals surface area (Å²) in [6, 6.07) is 3.94. The number of rotatable bonds is 9. The molecule has 3 heterocycles. The number of anilines is 1. The molecule has 2 aliphatic rings. The predicted molar refractivity (Wildman–Crippen MR) is 160 cm³/mol. The van der Waals surface area contributed by atoms with Crippen molar-refractivity contribution < 1.29 is 38.4 Å². The lowest BCUT2D eigenvalue weighted by Crippen LogP contribution is -2.50. The van der Waals surface area contributed by atoms with E-state index in [1.807, 2.05) is 6.07 Å². The van der Waals surface area contributed by atoms with E-state index in [4.69, 9.17) is 24.7 Å². The highest BCUT2D eigenvalue weighted by Crippen LogP contribution is 2.42. The van der Waals surface area contributed by atoms with Crippen LogP contribution in [-0.4, -0.2) is 74.3 Å². The highest BCUT2D eigenvalue weighted by atomic mass is 16.6. The van der Waals surface area contributed by atoms with Gasteiger partial charge in [-0.2, -0.15) is 10.4 Å². The zero-order valence-corrected chi connectivity index (χ0v) is 26.5. The van der Waals surface area contributed by atoms with E-state index in [2.05, 4.69) is 15.4 Å². The molecule has 2 aromatic heterocycles. The molecule has 2 aromatic rings. The standard InChI is InChI=1S/C31H44N6O8/c1-18(2)24(36-29(41)45-30(3,4)5)28(40)43-25-21(15-42-23(38)14-19-10-8-6-7-9-11-19)44-31(16-32,26(25)39)22-13-12-20-27(33)34-17-35-37(20)22/h12-13,17-19,21,24-26,39H,6-11,14-15H2,1-5H3,(H,36,41)(H2,33,34,35)/t21-,24+,25-,26-,31+/m1/s1. The van der Waals surface area contributed by atoms with Crippen molar-refractivity contribution >= 4 is 29.4 Å². The summed E-state index contributed by atoms with van der Waals surface area (Å²) in [6.45, 7) is 8.08. The lowest BCUT2D eigenvalue weighted by atomic mass is 9.92. The number of carbonyl (C=O) groups is 3. The molecule has 4 rings (SSSR count). The number of esters is 2. The summed E-state index contributed by atoms with van der Waals surface area (Å²) in [5.74, 6) is -1.42. The number of aliphatic hydroxyl groups excluding tert-OH is 1. The Morgan fingerprint density at radius 3 is 2.53 bits per heavy atom. The highest BCUT2D eigenvalue weighted by molar-refractivity contribution is 5.82. The van der Waals surface area contributed by atoms with Gasteiger partial charge in [-0.1, -0.05) is 39.5 Å². The third-order valence-corrected chi connectivity index (χ3v) is 8.14. The van der Waals surface area contributed by atoms with Gasteiger partial charge in [0, 0.05) is 6.42 Å². The molecule has 1 saturated carbocycles. The minimum absolute atomic E-state index is 0.113. The molecule has 14 heteroatoms. The number of aliphatic hydroxyl groups is 1. The number of amides is 1. The van der Waals surface area contributed by atoms with Crippen LogP contribution in [0.2, 0.25) is 0 Å². The number of alkyl carbamates (subject to hydrolysis) is 1. The lowest BCUT2D eigenvalue weighted by molar-refractivity contribution is -0.163. The molecule has 1 aliphatic heterocycles. The van der Waals surface area contributed by atoms with Gasteiger partial charge in [0.15, 0.2) is 11.9 Å². The van der Waals surface area contributed by atoms with Crippen molar-refractivity contribution in [1.82, 2.24) is 19.9 Å². The SMILES string of the molecule is CC(C)[C@H](NC(=O)OC(C)(C)C)C(=O)O[C@H]1[C@@H](O)[C@](C#N)(c2ccc3c(N)ncnn23)O[C@@H]1COC(=O)CC1CCCCCC1. The number of nitriles is 1. The van der Waals surface area contributed by atoms with E-state index in [9.17, 15) is 24.8 Å². The van der Waals surface area contributed by atoms with Crippen molar-refractivity contribution in [3.63, 3.8) is 0 Å². The first-order valence-corrected chi connectivity index (χ1v) is 15.5. The van der Waals surface area contributed by atoms with Crippen molar-refractivity contribution in [2.45, 2.75) is 115 Å². The first-order chi connectivity index (χ1) is 21.3. The molecule has 0 radical (unpaired) electrons. The Morgan fingerprint density at radius 2 is 1.91 bits per heavy atom. The molecule has 0 aromatic carbocycles. The molecule has 0 unspecified atom stereocenters. The van der Waals surface area contributed by atoms with Gasteiger partial charge in [-0.25, -0.2) is 19.1 Å². The monoisotopic (exact) mass is 628 g/mol. The Labute approximate surface area is 262 Å². The molecule has 246 valence electrons. The van der Waals surface area contributed by atoms with Crippen molar-refractivity contribution in [2.75, 3.05) is 12.3 Å². The van der Waals surface area contributed by atoms with Crippen LogP contribution in [0.15, 0.2) is 18.5 Å². The Bertz CT molecular complexity index is 1410. The van der Waals surface area contributed by atoms with Crippen LogP contribution in [0.4, 0.5) is 10.6 Å². The molecule has 0 spiro atoms. The van der Waals surface area contributed by atoms with Crippen LogP contribution < -0.4 is 11.1 Å². The topological polar surface area (TPSA) is 200 Å². The molecule has 0 bridgehead atoms. The first-order valence-electron chi connectivity index (χ1n) is 15.5. The fraction of sp³-hybridized carbons (Fsp3) is 0.677. The number of fused-ring (bicyclic) bond motifs is 1. The van der Waals surface area contributed by atoms with Gasteiger partial charge in [0.2, 0.25) is 5.60 Å². The van der Waals surface area contributed by atoms with Crippen molar-refractivity contribution in [3.8, 4) is 6.07 Å². The van der Waals surface area contributed by atoms with E-state index in [1.54, 1.807) is 40.7 Å². The van der Waals surface area contributed by atoms with E-state index in [0.29, 0.717) is 5.52 Å². The number of hydrogen-bond donors (Lipinski definition) is 3. The molecule has 4 N–H and O–H groups in total. The maximum atomic E-state index is 13.5. The second kappa shape index (κ2) is 14.0. The Morgan fingerprint density at radius 1 is 1.22 bits per heavy atom. The summed E-state index contributed by atoms with van der Waals surface area (Å²) >= 11 is 0. The van der Waals surface area contributed by atoms with Gasteiger partial charge in [-0.3, -0.25) is 4.79 Å². The zero-order chi connectivity index (χ0) is 32.9. The quantitative estimate of drug-likeness (QED) is 0.208. The Hall–Kier alpha value is -3.96. The second-order valence-electron chi connectivity index (χ2n) is 13.1. The number of nitrogen functional groups attached to an aromatic ring is 1. The average molecular weight is 629 g/mol. The van der Waals surface area contributed by atoms with E-state index in [0.717, 1.165) is 38.5 Å². The average Bonchev–Trinajstić information content (AvgIpc) is 3.39. The fourth-order valence-corrected chi connectivity index (χ4v) is 5.85.